The number of pyridine rings is 1. The molecule has 1 amide bonds. The molecule has 1 fully saturated rings. The van der Waals surface area contributed by atoms with E-state index in [1.807, 2.05) is 24.3 Å². The number of rotatable bonds is 4. The third kappa shape index (κ3) is 3.65. The lowest BCUT2D eigenvalue weighted by atomic mass is 10.1. The molecule has 0 radical (unpaired) electrons. The van der Waals surface area contributed by atoms with E-state index in [9.17, 15) is 14.9 Å². The van der Waals surface area contributed by atoms with Crippen molar-refractivity contribution in [3.05, 3.63) is 63.5 Å². The summed E-state index contributed by atoms with van der Waals surface area (Å²) in [4.78, 5) is 28.9. The largest absolute Gasteiger partial charge is 0.497 e. The molecule has 26 heavy (non-hydrogen) atoms. The Morgan fingerprint density at radius 2 is 2.12 bits per heavy atom. The molecule has 0 bridgehead atoms. The van der Waals surface area contributed by atoms with Gasteiger partial charge in [0.25, 0.3) is 11.6 Å². The number of morpholine rings is 1. The summed E-state index contributed by atoms with van der Waals surface area (Å²) in [5, 5.41) is 11.0. The van der Waals surface area contributed by atoms with Gasteiger partial charge in [0.05, 0.1) is 36.4 Å². The number of aryl methyl sites for hydroxylation is 1. The van der Waals surface area contributed by atoms with Crippen LogP contribution in [-0.2, 0) is 4.74 Å². The van der Waals surface area contributed by atoms with Crippen LogP contribution in [-0.4, -0.2) is 47.5 Å². The van der Waals surface area contributed by atoms with E-state index in [0.717, 1.165) is 17.5 Å². The second-order valence-electron chi connectivity index (χ2n) is 5.97. The maximum Gasteiger partial charge on any atom is 0.288 e. The van der Waals surface area contributed by atoms with E-state index in [1.165, 1.54) is 6.07 Å². The first-order valence-corrected chi connectivity index (χ1v) is 8.15. The summed E-state index contributed by atoms with van der Waals surface area (Å²) < 4.78 is 10.9. The maximum absolute atomic E-state index is 12.9. The summed E-state index contributed by atoms with van der Waals surface area (Å²) in [7, 11) is 1.60. The fourth-order valence-corrected chi connectivity index (χ4v) is 2.86. The molecule has 1 atom stereocenters. The van der Waals surface area contributed by atoms with E-state index in [1.54, 1.807) is 18.9 Å². The maximum atomic E-state index is 12.9. The first-order chi connectivity index (χ1) is 12.5. The molecule has 0 spiro atoms. The first kappa shape index (κ1) is 17.8. The number of nitrogens with zero attached hydrogens (tertiary/aromatic N) is 3. The summed E-state index contributed by atoms with van der Waals surface area (Å²) in [6, 6.07) is 8.76. The minimum absolute atomic E-state index is 0.195. The number of aromatic nitrogens is 1. The van der Waals surface area contributed by atoms with Crippen molar-refractivity contribution in [2.24, 2.45) is 0 Å². The number of carbonyl (C=O) groups excluding carboxylic acids is 1. The van der Waals surface area contributed by atoms with E-state index in [2.05, 4.69) is 4.98 Å². The lowest BCUT2D eigenvalue weighted by Gasteiger charge is -2.33. The monoisotopic (exact) mass is 357 g/mol. The van der Waals surface area contributed by atoms with Gasteiger partial charge in [-0.1, -0.05) is 12.1 Å². The molecular formula is C18H19N3O5. The van der Waals surface area contributed by atoms with E-state index >= 15 is 0 Å². The van der Waals surface area contributed by atoms with Crippen molar-refractivity contribution in [3.8, 4) is 5.75 Å². The van der Waals surface area contributed by atoms with Gasteiger partial charge >= 0.3 is 0 Å². The number of benzene rings is 1. The van der Waals surface area contributed by atoms with Gasteiger partial charge in [-0.15, -0.1) is 0 Å². The van der Waals surface area contributed by atoms with Gasteiger partial charge in [-0.3, -0.25) is 19.9 Å². The molecule has 1 aliphatic rings. The van der Waals surface area contributed by atoms with Crippen LogP contribution < -0.4 is 4.74 Å². The van der Waals surface area contributed by atoms with E-state index in [4.69, 9.17) is 9.47 Å². The molecule has 1 aliphatic heterocycles. The van der Waals surface area contributed by atoms with Gasteiger partial charge in [-0.05, 0) is 24.6 Å². The Morgan fingerprint density at radius 1 is 1.38 bits per heavy atom. The zero-order valence-corrected chi connectivity index (χ0v) is 14.5. The van der Waals surface area contributed by atoms with Gasteiger partial charge in [-0.25, -0.2) is 0 Å². The number of ether oxygens (including phenoxy) is 2. The third-order valence-electron chi connectivity index (χ3n) is 4.35. The lowest BCUT2D eigenvalue weighted by molar-refractivity contribution is -0.385. The number of nitro groups is 1. The highest BCUT2D eigenvalue weighted by Gasteiger charge is 2.28. The Morgan fingerprint density at radius 3 is 2.77 bits per heavy atom. The van der Waals surface area contributed by atoms with E-state index < -0.39 is 4.92 Å². The van der Waals surface area contributed by atoms with Crippen molar-refractivity contribution < 1.29 is 19.2 Å². The number of hydrogen-bond donors (Lipinski definition) is 0. The number of methoxy groups -OCH3 is 1. The zero-order chi connectivity index (χ0) is 18.7. The van der Waals surface area contributed by atoms with Gasteiger partial charge in [0, 0.05) is 12.6 Å². The molecule has 0 aliphatic carbocycles. The first-order valence-electron chi connectivity index (χ1n) is 8.15. The van der Waals surface area contributed by atoms with Crippen LogP contribution in [0.4, 0.5) is 5.69 Å². The van der Waals surface area contributed by atoms with Crippen LogP contribution in [0.25, 0.3) is 0 Å². The molecule has 2 aromatic rings. The smallest absolute Gasteiger partial charge is 0.288 e. The van der Waals surface area contributed by atoms with E-state index in [0.29, 0.717) is 25.4 Å². The second-order valence-corrected chi connectivity index (χ2v) is 5.97. The van der Waals surface area contributed by atoms with Gasteiger partial charge in [0.15, 0.2) is 0 Å². The molecule has 1 unspecified atom stereocenters. The van der Waals surface area contributed by atoms with Gasteiger partial charge < -0.3 is 14.4 Å². The molecule has 0 saturated carbocycles. The topological polar surface area (TPSA) is 94.8 Å². The Balaban J connectivity index is 1.79. The summed E-state index contributed by atoms with van der Waals surface area (Å²) in [6.45, 7) is 2.85. The van der Waals surface area contributed by atoms with E-state index in [-0.39, 0.29) is 23.3 Å². The molecule has 2 heterocycles. The van der Waals surface area contributed by atoms with Crippen molar-refractivity contribution in [3.63, 3.8) is 0 Å². The highest BCUT2D eigenvalue weighted by Crippen LogP contribution is 2.26. The average Bonchev–Trinajstić information content (AvgIpc) is 2.68. The summed E-state index contributed by atoms with van der Waals surface area (Å²) in [5.74, 6) is 0.469. The van der Waals surface area contributed by atoms with Crippen molar-refractivity contribution >= 4 is 11.6 Å². The Bertz CT molecular complexity index is 822. The van der Waals surface area contributed by atoms with Crippen LogP contribution >= 0.6 is 0 Å². The fraction of sp³-hybridized carbons (Fsp3) is 0.333. The normalized spacial score (nSPS) is 17.0. The Kier molecular flexibility index (Phi) is 5.13. The van der Waals surface area contributed by atoms with Crippen LogP contribution in [0.15, 0.2) is 36.5 Å². The molecule has 3 rings (SSSR count). The molecule has 8 nitrogen and oxygen atoms in total. The van der Waals surface area contributed by atoms with Gasteiger partial charge in [0.1, 0.15) is 18.1 Å². The predicted octanol–water partition coefficient (Wildman–Crippen LogP) is 2.52. The van der Waals surface area contributed by atoms with Crippen molar-refractivity contribution in [2.75, 3.05) is 26.8 Å². The predicted molar refractivity (Wildman–Crippen MR) is 93.2 cm³/mol. The standard InChI is InChI=1S/C18H19N3O5/c1-12-16(9-14(10-19-12)21(23)24)18(22)20-7-8-26-17(11-20)13-3-5-15(25-2)6-4-13/h3-6,9-10,17H,7-8,11H2,1-2H3. The van der Waals surface area contributed by atoms with Crippen LogP contribution in [0.5, 0.6) is 5.75 Å². The minimum atomic E-state index is -0.553. The number of carbonyl (C=O) groups is 1. The van der Waals surface area contributed by atoms with Crippen LogP contribution in [0, 0.1) is 17.0 Å². The lowest BCUT2D eigenvalue weighted by Crippen LogP contribution is -2.42. The molecule has 136 valence electrons. The highest BCUT2D eigenvalue weighted by atomic mass is 16.6. The SMILES string of the molecule is COc1ccc(C2CN(C(=O)c3cc([N+](=O)[O-])cnc3C)CCO2)cc1. The van der Waals surface area contributed by atoms with Gasteiger partial charge in [0.2, 0.25) is 0 Å². The van der Waals surface area contributed by atoms with Crippen LogP contribution in [0.2, 0.25) is 0 Å². The Labute approximate surface area is 150 Å². The highest BCUT2D eigenvalue weighted by molar-refractivity contribution is 5.95. The number of hydrogen-bond acceptors (Lipinski definition) is 6. The minimum Gasteiger partial charge on any atom is -0.497 e. The molecule has 1 aromatic carbocycles. The number of amides is 1. The fourth-order valence-electron chi connectivity index (χ4n) is 2.86. The molecule has 1 aromatic heterocycles. The second kappa shape index (κ2) is 7.49. The third-order valence-corrected chi connectivity index (χ3v) is 4.35. The van der Waals surface area contributed by atoms with Crippen molar-refractivity contribution in [2.45, 2.75) is 13.0 Å². The summed E-state index contributed by atoms with van der Waals surface area (Å²) in [6.07, 6.45) is 0.900. The molecule has 1 saturated heterocycles. The summed E-state index contributed by atoms with van der Waals surface area (Å²) >= 11 is 0. The molecule has 8 heteroatoms. The van der Waals surface area contributed by atoms with Crippen molar-refractivity contribution in [1.82, 2.24) is 9.88 Å². The zero-order valence-electron chi connectivity index (χ0n) is 14.5. The molecular weight excluding hydrogens is 338 g/mol. The molecule has 0 N–H and O–H groups in total. The quantitative estimate of drug-likeness (QED) is 0.616. The van der Waals surface area contributed by atoms with Gasteiger partial charge in [-0.2, -0.15) is 0 Å². The Hall–Kier alpha value is -3.00. The van der Waals surface area contributed by atoms with Crippen molar-refractivity contribution in [1.29, 1.82) is 0 Å². The summed E-state index contributed by atoms with van der Waals surface area (Å²) in [5.41, 5.74) is 1.46. The van der Waals surface area contributed by atoms with Crippen LogP contribution in [0.3, 0.4) is 0 Å². The van der Waals surface area contributed by atoms with Crippen LogP contribution in [0.1, 0.15) is 27.7 Å². The average molecular weight is 357 g/mol.